The summed E-state index contributed by atoms with van der Waals surface area (Å²) in [5, 5.41) is 6.84. The fourth-order valence-electron chi connectivity index (χ4n) is 2.32. The van der Waals surface area contributed by atoms with Gasteiger partial charge < -0.3 is 15.6 Å². The molecule has 3 N–H and O–H groups in total. The lowest BCUT2D eigenvalue weighted by atomic mass is 10.1. The predicted molar refractivity (Wildman–Crippen MR) is 86.6 cm³/mol. The van der Waals surface area contributed by atoms with Gasteiger partial charge in [-0.25, -0.2) is 4.39 Å². The first kappa shape index (κ1) is 18.1. The highest BCUT2D eigenvalue weighted by molar-refractivity contribution is 5.83. The van der Waals surface area contributed by atoms with E-state index in [-0.39, 0.29) is 12.4 Å². The molecular formula is C16H20F4N4. The number of aromatic nitrogens is 1. The van der Waals surface area contributed by atoms with Gasteiger partial charge in [-0.2, -0.15) is 13.2 Å². The quantitative estimate of drug-likeness (QED) is 0.428. The number of halogens is 4. The van der Waals surface area contributed by atoms with Crippen molar-refractivity contribution in [2.45, 2.75) is 25.9 Å². The molecule has 0 saturated carbocycles. The summed E-state index contributed by atoms with van der Waals surface area (Å²) >= 11 is 0. The Kier molecular flexibility index (Phi) is 6.05. The van der Waals surface area contributed by atoms with Gasteiger partial charge in [0, 0.05) is 30.2 Å². The summed E-state index contributed by atoms with van der Waals surface area (Å²) in [6.07, 6.45) is -2.72. The van der Waals surface area contributed by atoms with Crippen LogP contribution in [0.4, 0.5) is 17.6 Å². The number of H-pyrrole nitrogens is 1. The Labute approximate surface area is 137 Å². The van der Waals surface area contributed by atoms with E-state index in [1.165, 1.54) is 12.1 Å². The number of aromatic amines is 1. The van der Waals surface area contributed by atoms with Crippen LogP contribution in [0.15, 0.2) is 29.4 Å². The summed E-state index contributed by atoms with van der Waals surface area (Å²) in [6.45, 7) is 2.59. The van der Waals surface area contributed by atoms with Crippen LogP contribution in [0.2, 0.25) is 0 Å². The van der Waals surface area contributed by atoms with Gasteiger partial charge in [-0.15, -0.1) is 0 Å². The number of hydrogen-bond donors (Lipinski definition) is 3. The first-order valence-corrected chi connectivity index (χ1v) is 7.73. The highest BCUT2D eigenvalue weighted by Gasteiger charge is 2.26. The number of alkyl halides is 3. The van der Waals surface area contributed by atoms with Crippen LogP contribution in [0.1, 0.15) is 18.9 Å². The molecule has 2 rings (SSSR count). The predicted octanol–water partition coefficient (Wildman–Crippen LogP) is 3.36. The zero-order chi connectivity index (χ0) is 17.6. The smallest absolute Gasteiger partial charge is 0.361 e. The number of nitrogens with one attached hydrogen (secondary N) is 3. The zero-order valence-electron chi connectivity index (χ0n) is 13.3. The largest absolute Gasteiger partial charge is 0.390 e. The van der Waals surface area contributed by atoms with Gasteiger partial charge in [0.2, 0.25) is 0 Å². The first-order valence-electron chi connectivity index (χ1n) is 7.73. The van der Waals surface area contributed by atoms with Gasteiger partial charge in [0.15, 0.2) is 5.96 Å². The fourth-order valence-corrected chi connectivity index (χ4v) is 2.32. The standard InChI is InChI=1S/C16H20F4N4/c1-2-21-15(23-8-6-16(18,19)20)22-7-5-11-10-24-14-9-12(17)3-4-13(11)14/h3-4,9-10,24H,2,5-8H2,1H3,(H2,21,22,23). The van der Waals surface area contributed by atoms with Gasteiger partial charge >= 0.3 is 6.18 Å². The minimum Gasteiger partial charge on any atom is -0.361 e. The minimum atomic E-state index is -4.21. The molecule has 0 radical (unpaired) electrons. The molecule has 0 aliphatic carbocycles. The van der Waals surface area contributed by atoms with Crippen LogP contribution in [0.3, 0.4) is 0 Å². The molecule has 4 nitrogen and oxygen atoms in total. The van der Waals surface area contributed by atoms with E-state index < -0.39 is 12.6 Å². The van der Waals surface area contributed by atoms with Crippen LogP contribution in [-0.2, 0) is 6.42 Å². The number of rotatable bonds is 6. The Morgan fingerprint density at radius 2 is 2.04 bits per heavy atom. The monoisotopic (exact) mass is 344 g/mol. The molecule has 0 bridgehead atoms. The van der Waals surface area contributed by atoms with Gasteiger partial charge in [-0.05, 0) is 37.1 Å². The molecule has 0 spiro atoms. The molecule has 1 aromatic heterocycles. The molecule has 24 heavy (non-hydrogen) atoms. The molecule has 0 aliphatic heterocycles. The maximum absolute atomic E-state index is 13.2. The Bertz CT molecular complexity index is 691. The second kappa shape index (κ2) is 8.03. The number of nitrogens with zero attached hydrogens (tertiary/aromatic N) is 1. The van der Waals surface area contributed by atoms with Crippen LogP contribution in [0.25, 0.3) is 10.9 Å². The molecule has 0 aliphatic rings. The maximum atomic E-state index is 13.2. The molecule has 0 fully saturated rings. The van der Waals surface area contributed by atoms with Crippen molar-refractivity contribution >= 4 is 16.9 Å². The number of guanidine groups is 1. The fraction of sp³-hybridized carbons (Fsp3) is 0.438. The van der Waals surface area contributed by atoms with Crippen molar-refractivity contribution in [3.63, 3.8) is 0 Å². The van der Waals surface area contributed by atoms with E-state index in [9.17, 15) is 17.6 Å². The van der Waals surface area contributed by atoms with Crippen molar-refractivity contribution in [1.82, 2.24) is 15.6 Å². The molecule has 8 heteroatoms. The van der Waals surface area contributed by atoms with E-state index in [4.69, 9.17) is 0 Å². The Hall–Kier alpha value is -2.25. The summed E-state index contributed by atoms with van der Waals surface area (Å²) < 4.78 is 49.7. The lowest BCUT2D eigenvalue weighted by molar-refractivity contribution is -0.132. The second-order valence-corrected chi connectivity index (χ2v) is 5.31. The molecule has 1 heterocycles. The van der Waals surface area contributed by atoms with E-state index in [1.54, 1.807) is 12.3 Å². The van der Waals surface area contributed by atoms with Crippen LogP contribution in [0.5, 0.6) is 0 Å². The van der Waals surface area contributed by atoms with Crippen molar-refractivity contribution in [2.24, 2.45) is 4.99 Å². The van der Waals surface area contributed by atoms with Crippen LogP contribution in [-0.4, -0.2) is 36.8 Å². The van der Waals surface area contributed by atoms with Gasteiger partial charge in [0.05, 0.1) is 13.0 Å². The Balaban J connectivity index is 1.90. The van der Waals surface area contributed by atoms with Gasteiger partial charge in [-0.3, -0.25) is 4.99 Å². The molecule has 0 atom stereocenters. The van der Waals surface area contributed by atoms with E-state index in [2.05, 4.69) is 20.6 Å². The Morgan fingerprint density at radius 1 is 1.25 bits per heavy atom. The highest BCUT2D eigenvalue weighted by atomic mass is 19.4. The SMILES string of the molecule is CCNC(=NCCC(F)(F)F)NCCc1c[nH]c2cc(F)ccc12. The molecule has 0 saturated heterocycles. The van der Waals surface area contributed by atoms with Crippen molar-refractivity contribution in [2.75, 3.05) is 19.6 Å². The topological polar surface area (TPSA) is 52.2 Å². The van der Waals surface area contributed by atoms with Crippen molar-refractivity contribution < 1.29 is 17.6 Å². The summed E-state index contributed by atoms with van der Waals surface area (Å²) in [5.74, 6) is 0.0490. The highest BCUT2D eigenvalue weighted by Crippen LogP contribution is 2.20. The summed E-state index contributed by atoms with van der Waals surface area (Å²) in [5.41, 5.74) is 1.72. The molecule has 0 amide bonds. The number of benzene rings is 1. The zero-order valence-corrected chi connectivity index (χ0v) is 13.3. The van der Waals surface area contributed by atoms with E-state index >= 15 is 0 Å². The van der Waals surface area contributed by atoms with Crippen LogP contribution in [0, 0.1) is 5.82 Å². The number of hydrogen-bond acceptors (Lipinski definition) is 1. The van der Waals surface area contributed by atoms with Crippen molar-refractivity contribution in [1.29, 1.82) is 0 Å². The third-order valence-corrected chi connectivity index (χ3v) is 3.43. The van der Waals surface area contributed by atoms with Crippen molar-refractivity contribution in [3.8, 4) is 0 Å². The second-order valence-electron chi connectivity index (χ2n) is 5.31. The third kappa shape index (κ3) is 5.43. The van der Waals surface area contributed by atoms with Gasteiger partial charge in [0.25, 0.3) is 0 Å². The normalized spacial score (nSPS) is 12.6. The molecule has 0 unspecified atom stereocenters. The summed E-state index contributed by atoms with van der Waals surface area (Å²) in [7, 11) is 0. The molecule has 2 aromatic rings. The molecule has 132 valence electrons. The Morgan fingerprint density at radius 3 is 2.75 bits per heavy atom. The van der Waals surface area contributed by atoms with Gasteiger partial charge in [0.1, 0.15) is 5.82 Å². The maximum Gasteiger partial charge on any atom is 0.390 e. The lowest BCUT2D eigenvalue weighted by Crippen LogP contribution is -2.38. The average Bonchev–Trinajstić information content (AvgIpc) is 2.88. The molecular weight excluding hydrogens is 324 g/mol. The summed E-state index contributed by atoms with van der Waals surface area (Å²) in [4.78, 5) is 6.91. The number of aliphatic imine (C=N–C) groups is 1. The summed E-state index contributed by atoms with van der Waals surface area (Å²) in [6, 6.07) is 4.53. The van der Waals surface area contributed by atoms with E-state index in [1.807, 2.05) is 6.92 Å². The van der Waals surface area contributed by atoms with Crippen LogP contribution < -0.4 is 10.6 Å². The lowest BCUT2D eigenvalue weighted by Gasteiger charge is -2.11. The first-order chi connectivity index (χ1) is 11.4. The van der Waals surface area contributed by atoms with E-state index in [0.29, 0.717) is 25.5 Å². The van der Waals surface area contributed by atoms with E-state index in [0.717, 1.165) is 16.5 Å². The van der Waals surface area contributed by atoms with Gasteiger partial charge in [-0.1, -0.05) is 0 Å². The third-order valence-electron chi connectivity index (χ3n) is 3.43. The molecule has 1 aromatic carbocycles. The van der Waals surface area contributed by atoms with Crippen molar-refractivity contribution in [3.05, 3.63) is 35.8 Å². The van der Waals surface area contributed by atoms with Crippen LogP contribution >= 0.6 is 0 Å². The minimum absolute atomic E-state index is 0.305. The number of fused-ring (bicyclic) bond motifs is 1. The average molecular weight is 344 g/mol.